The standard InChI is InChI=1S/C21H38O6.C8H11NS/c1-6-21(26)10-7-9-14(2)18(24)15(3)19(25)20(4,5)16(22)13-17(23)27-12-8-11-21;1-6(2)4-8-5-10-7(3)9-8/h14-16,18,22,24,26H,6-13H2,1-5H3;4-5H,1-3H3/t14-,15+,16-,18-,21-;/m0./s1. The van der Waals surface area contributed by atoms with Crippen molar-refractivity contribution in [1.29, 1.82) is 0 Å². The molecule has 1 saturated heterocycles. The van der Waals surface area contributed by atoms with E-state index in [0.717, 1.165) is 17.1 Å². The van der Waals surface area contributed by atoms with Gasteiger partial charge in [0.15, 0.2) is 0 Å². The highest BCUT2D eigenvalue weighted by Crippen LogP contribution is 2.33. The molecule has 0 unspecified atom stereocenters. The first-order valence-electron chi connectivity index (χ1n) is 13.5. The average Bonchev–Trinajstić information content (AvgIpc) is 3.23. The van der Waals surface area contributed by atoms with Crippen LogP contribution in [0.1, 0.15) is 104 Å². The Balaban J connectivity index is 0.000000568. The van der Waals surface area contributed by atoms with E-state index in [1.165, 1.54) is 5.57 Å². The van der Waals surface area contributed by atoms with E-state index in [1.54, 1.807) is 32.1 Å². The number of carbonyl (C=O) groups is 2. The molecule has 1 aliphatic heterocycles. The zero-order chi connectivity index (χ0) is 28.4. The molecule has 8 heteroatoms. The van der Waals surface area contributed by atoms with Crippen LogP contribution in [0.25, 0.3) is 6.08 Å². The van der Waals surface area contributed by atoms with Crippen LogP contribution in [0.3, 0.4) is 0 Å². The van der Waals surface area contributed by atoms with Crippen molar-refractivity contribution < 1.29 is 29.6 Å². The second-order valence-electron chi connectivity index (χ2n) is 11.4. The molecule has 2 rings (SSSR count). The van der Waals surface area contributed by atoms with Gasteiger partial charge in [0.25, 0.3) is 0 Å². The third-order valence-electron chi connectivity index (χ3n) is 7.42. The lowest BCUT2D eigenvalue weighted by Crippen LogP contribution is -2.45. The van der Waals surface area contributed by atoms with Gasteiger partial charge in [-0.05, 0) is 64.9 Å². The molecule has 5 atom stereocenters. The largest absolute Gasteiger partial charge is 0.466 e. The van der Waals surface area contributed by atoms with Gasteiger partial charge in [-0.25, -0.2) is 4.98 Å². The quantitative estimate of drug-likeness (QED) is 0.426. The molecule has 3 N–H and O–H groups in total. The predicted octanol–water partition coefficient (Wildman–Crippen LogP) is 5.49. The average molecular weight is 540 g/mol. The minimum Gasteiger partial charge on any atom is -0.466 e. The number of esters is 1. The molecule has 0 bridgehead atoms. The lowest BCUT2D eigenvalue weighted by molar-refractivity contribution is -0.152. The number of ether oxygens (including phenoxy) is 1. The Hall–Kier alpha value is -1.61. The summed E-state index contributed by atoms with van der Waals surface area (Å²) in [7, 11) is 0. The fraction of sp³-hybridized carbons (Fsp3) is 0.759. The fourth-order valence-corrected chi connectivity index (χ4v) is 5.17. The van der Waals surface area contributed by atoms with Crippen LogP contribution in [0.2, 0.25) is 0 Å². The van der Waals surface area contributed by atoms with Crippen molar-refractivity contribution in [2.45, 2.75) is 118 Å². The molecule has 0 amide bonds. The molecule has 0 saturated carbocycles. The fourth-order valence-electron chi connectivity index (χ4n) is 4.60. The van der Waals surface area contributed by atoms with Crippen molar-refractivity contribution in [3.63, 3.8) is 0 Å². The third kappa shape index (κ3) is 11.0. The van der Waals surface area contributed by atoms with Gasteiger partial charge in [0.2, 0.25) is 0 Å². The molecule has 0 aliphatic carbocycles. The maximum Gasteiger partial charge on any atom is 0.308 e. The normalized spacial score (nSPS) is 30.0. The number of ketones is 1. The first kappa shape index (κ1) is 33.4. The van der Waals surface area contributed by atoms with Crippen LogP contribution in [0.4, 0.5) is 0 Å². The number of nitrogens with zero attached hydrogens (tertiary/aromatic N) is 1. The molecule has 1 aliphatic rings. The summed E-state index contributed by atoms with van der Waals surface area (Å²) >= 11 is 1.69. The summed E-state index contributed by atoms with van der Waals surface area (Å²) in [5.74, 6) is -1.58. The molecule has 1 aromatic heterocycles. The molecule has 1 fully saturated rings. The summed E-state index contributed by atoms with van der Waals surface area (Å²) in [4.78, 5) is 29.2. The number of aryl methyl sites for hydroxylation is 1. The maximum atomic E-state index is 12.9. The van der Waals surface area contributed by atoms with Crippen LogP contribution in [-0.4, -0.2) is 56.5 Å². The Morgan fingerprint density at radius 2 is 1.81 bits per heavy atom. The molecule has 1 aromatic rings. The van der Waals surface area contributed by atoms with Crippen molar-refractivity contribution >= 4 is 29.2 Å². The third-order valence-corrected chi connectivity index (χ3v) is 8.21. The molecule has 2 heterocycles. The number of hydrogen-bond acceptors (Lipinski definition) is 8. The van der Waals surface area contributed by atoms with Gasteiger partial charge in [-0.3, -0.25) is 9.59 Å². The van der Waals surface area contributed by atoms with Crippen molar-refractivity contribution in [2.24, 2.45) is 17.3 Å². The van der Waals surface area contributed by atoms with Gasteiger partial charge in [0.1, 0.15) is 5.78 Å². The summed E-state index contributed by atoms with van der Waals surface area (Å²) in [5, 5.41) is 35.0. The summed E-state index contributed by atoms with van der Waals surface area (Å²) in [5.41, 5.74) is 0.420. The van der Waals surface area contributed by atoms with Gasteiger partial charge in [0.05, 0.1) is 47.0 Å². The minimum absolute atomic E-state index is 0.101. The Bertz CT molecular complexity index is 891. The number of thiazole rings is 1. The van der Waals surface area contributed by atoms with E-state index in [0.29, 0.717) is 32.1 Å². The van der Waals surface area contributed by atoms with Crippen LogP contribution in [0.15, 0.2) is 11.0 Å². The van der Waals surface area contributed by atoms with Crippen molar-refractivity contribution in [2.75, 3.05) is 6.61 Å². The Morgan fingerprint density at radius 3 is 2.35 bits per heavy atom. The lowest BCUT2D eigenvalue weighted by Gasteiger charge is -2.34. The van der Waals surface area contributed by atoms with E-state index >= 15 is 0 Å². The van der Waals surface area contributed by atoms with Crippen LogP contribution >= 0.6 is 11.3 Å². The number of aliphatic hydroxyl groups excluding tert-OH is 2. The minimum atomic E-state index is -1.18. The number of Topliss-reactive ketones (excluding diaryl/α,β-unsaturated/α-hetero) is 1. The molecular weight excluding hydrogens is 490 g/mol. The second kappa shape index (κ2) is 15.1. The van der Waals surface area contributed by atoms with E-state index in [2.05, 4.69) is 30.3 Å². The van der Waals surface area contributed by atoms with Gasteiger partial charge in [0, 0.05) is 11.3 Å². The zero-order valence-corrected chi connectivity index (χ0v) is 24.9. The topological polar surface area (TPSA) is 117 Å². The first-order chi connectivity index (χ1) is 17.1. The van der Waals surface area contributed by atoms with Crippen LogP contribution in [-0.2, 0) is 14.3 Å². The van der Waals surface area contributed by atoms with Crippen LogP contribution < -0.4 is 0 Å². The van der Waals surface area contributed by atoms with E-state index < -0.39 is 35.1 Å². The van der Waals surface area contributed by atoms with Gasteiger partial charge in [-0.2, -0.15) is 0 Å². The maximum absolute atomic E-state index is 12.9. The zero-order valence-electron chi connectivity index (χ0n) is 24.0. The van der Waals surface area contributed by atoms with Crippen LogP contribution in [0, 0.1) is 24.2 Å². The molecular formula is C29H49NO6S. The van der Waals surface area contributed by atoms with Crippen molar-refractivity contribution in [3.8, 4) is 0 Å². The highest BCUT2D eigenvalue weighted by Gasteiger charge is 2.42. The van der Waals surface area contributed by atoms with E-state index in [1.807, 2.05) is 20.8 Å². The van der Waals surface area contributed by atoms with E-state index in [-0.39, 0.29) is 24.7 Å². The summed E-state index contributed by atoms with van der Waals surface area (Å²) in [6.07, 6.45) is 3.56. The number of carbonyl (C=O) groups excluding carboxylic acids is 2. The SMILES string of the molecule is CC(C)=Cc1csc(C)n1.CC[C@@]1(O)CCCOC(=O)C[C@H](O)C(C)(C)C(=O)[C@H](C)[C@@H](O)[C@@H](C)CCC1. The Labute approximate surface area is 227 Å². The van der Waals surface area contributed by atoms with E-state index in [9.17, 15) is 24.9 Å². The molecule has 7 nitrogen and oxygen atoms in total. The highest BCUT2D eigenvalue weighted by molar-refractivity contribution is 7.09. The summed E-state index contributed by atoms with van der Waals surface area (Å²) in [6, 6.07) is 0. The van der Waals surface area contributed by atoms with Gasteiger partial charge >= 0.3 is 5.97 Å². The predicted molar refractivity (Wildman–Crippen MR) is 149 cm³/mol. The van der Waals surface area contributed by atoms with Crippen molar-refractivity contribution in [3.05, 3.63) is 21.7 Å². The number of allylic oxidation sites excluding steroid dienone is 1. The van der Waals surface area contributed by atoms with Gasteiger partial charge in [-0.1, -0.05) is 46.6 Å². The van der Waals surface area contributed by atoms with Crippen LogP contribution in [0.5, 0.6) is 0 Å². The highest BCUT2D eigenvalue weighted by atomic mass is 32.1. The van der Waals surface area contributed by atoms with Gasteiger partial charge in [-0.15, -0.1) is 11.3 Å². The lowest BCUT2D eigenvalue weighted by atomic mass is 9.73. The number of aromatic nitrogens is 1. The number of cyclic esters (lactones) is 1. The molecule has 37 heavy (non-hydrogen) atoms. The molecule has 0 spiro atoms. The molecule has 212 valence electrons. The Morgan fingerprint density at radius 1 is 1.19 bits per heavy atom. The van der Waals surface area contributed by atoms with Gasteiger partial charge < -0.3 is 20.1 Å². The monoisotopic (exact) mass is 539 g/mol. The molecule has 0 radical (unpaired) electrons. The molecule has 0 aromatic carbocycles. The summed E-state index contributed by atoms with van der Waals surface area (Å²) in [6.45, 7) is 15.1. The number of hydrogen-bond donors (Lipinski definition) is 3. The van der Waals surface area contributed by atoms with Crippen molar-refractivity contribution in [1.82, 2.24) is 4.98 Å². The first-order valence-corrected chi connectivity index (χ1v) is 14.4. The number of rotatable bonds is 2. The number of aliphatic hydroxyl groups is 3. The summed E-state index contributed by atoms with van der Waals surface area (Å²) < 4.78 is 5.17. The Kier molecular flexibility index (Phi) is 13.6. The second-order valence-corrected chi connectivity index (χ2v) is 12.4. The van der Waals surface area contributed by atoms with E-state index in [4.69, 9.17) is 4.74 Å². The smallest absolute Gasteiger partial charge is 0.308 e.